The number of methoxy groups -OCH3 is 1. The van der Waals surface area contributed by atoms with Gasteiger partial charge in [-0.05, 0) is 18.9 Å². The summed E-state index contributed by atoms with van der Waals surface area (Å²) in [7, 11) is 1.79. The Morgan fingerprint density at radius 1 is 1.50 bits per heavy atom. The lowest BCUT2D eigenvalue weighted by molar-refractivity contribution is 0.0389. The molecule has 1 aliphatic heterocycles. The van der Waals surface area contributed by atoms with Crippen molar-refractivity contribution in [2.75, 3.05) is 25.9 Å². The molecule has 1 saturated heterocycles. The van der Waals surface area contributed by atoms with E-state index in [0.717, 1.165) is 38.0 Å². The highest BCUT2D eigenvalue weighted by molar-refractivity contribution is 5.38. The van der Waals surface area contributed by atoms with E-state index in [-0.39, 0.29) is 0 Å². The fourth-order valence-electron chi connectivity index (χ4n) is 2.13. The third-order valence-corrected chi connectivity index (χ3v) is 3.19. The summed E-state index contributed by atoms with van der Waals surface area (Å²) in [4.78, 5) is 6.51. The molecule has 4 nitrogen and oxygen atoms in total. The monoisotopic (exact) mass is 221 g/mol. The topological polar surface area (TPSA) is 51.4 Å². The molecule has 2 heterocycles. The molecule has 16 heavy (non-hydrogen) atoms. The third-order valence-electron chi connectivity index (χ3n) is 3.19. The van der Waals surface area contributed by atoms with Crippen LogP contribution in [0.2, 0.25) is 0 Å². The number of ether oxygens (including phenoxy) is 1. The van der Waals surface area contributed by atoms with Gasteiger partial charge in [0.15, 0.2) is 0 Å². The van der Waals surface area contributed by atoms with Gasteiger partial charge in [-0.25, -0.2) is 4.98 Å². The predicted molar refractivity (Wildman–Crippen MR) is 64.0 cm³/mol. The Balaban J connectivity index is 1.89. The first kappa shape index (κ1) is 11.4. The van der Waals surface area contributed by atoms with Gasteiger partial charge in [-0.2, -0.15) is 0 Å². The highest BCUT2D eigenvalue weighted by Crippen LogP contribution is 2.17. The van der Waals surface area contributed by atoms with E-state index < -0.39 is 0 Å². The van der Waals surface area contributed by atoms with Crippen LogP contribution in [0.1, 0.15) is 18.4 Å². The van der Waals surface area contributed by atoms with Crippen molar-refractivity contribution in [1.29, 1.82) is 0 Å². The molecule has 0 aromatic carbocycles. The molecule has 0 amide bonds. The molecule has 0 saturated carbocycles. The summed E-state index contributed by atoms with van der Waals surface area (Å²) >= 11 is 0. The molecule has 1 aliphatic rings. The van der Waals surface area contributed by atoms with Crippen molar-refractivity contribution < 1.29 is 4.74 Å². The van der Waals surface area contributed by atoms with E-state index in [4.69, 9.17) is 10.5 Å². The van der Waals surface area contributed by atoms with Crippen molar-refractivity contribution in [1.82, 2.24) is 9.88 Å². The molecule has 2 rings (SSSR count). The van der Waals surface area contributed by atoms with Crippen molar-refractivity contribution in [3.05, 3.63) is 23.9 Å². The van der Waals surface area contributed by atoms with E-state index in [9.17, 15) is 0 Å². The average Bonchev–Trinajstić information content (AvgIpc) is 2.33. The molecule has 4 heteroatoms. The maximum absolute atomic E-state index is 5.83. The van der Waals surface area contributed by atoms with Gasteiger partial charge in [-0.1, -0.05) is 6.07 Å². The summed E-state index contributed by atoms with van der Waals surface area (Å²) in [6.45, 7) is 3.05. The van der Waals surface area contributed by atoms with Crippen molar-refractivity contribution >= 4 is 5.82 Å². The Hall–Kier alpha value is -1.13. The zero-order valence-electron chi connectivity index (χ0n) is 9.72. The number of pyridine rings is 1. The van der Waals surface area contributed by atoms with Gasteiger partial charge in [0.2, 0.25) is 0 Å². The minimum Gasteiger partial charge on any atom is -0.383 e. The second-order valence-corrected chi connectivity index (χ2v) is 4.26. The molecule has 0 atom stereocenters. The number of anilines is 1. The second kappa shape index (κ2) is 5.27. The minimum atomic E-state index is 0.433. The fourth-order valence-corrected chi connectivity index (χ4v) is 2.13. The fraction of sp³-hybridized carbons (Fsp3) is 0.583. The summed E-state index contributed by atoms with van der Waals surface area (Å²) < 4.78 is 5.35. The van der Waals surface area contributed by atoms with Crippen LogP contribution in [0.4, 0.5) is 5.82 Å². The van der Waals surface area contributed by atoms with Crippen molar-refractivity contribution in [2.24, 2.45) is 0 Å². The second-order valence-electron chi connectivity index (χ2n) is 4.26. The molecule has 2 N–H and O–H groups in total. The molecule has 0 unspecified atom stereocenters. The number of nitrogens with zero attached hydrogens (tertiary/aromatic N) is 2. The first-order valence-corrected chi connectivity index (χ1v) is 5.74. The van der Waals surface area contributed by atoms with E-state index in [1.165, 1.54) is 0 Å². The maximum Gasteiger partial charge on any atom is 0.127 e. The molecule has 0 spiro atoms. The summed E-state index contributed by atoms with van der Waals surface area (Å²) in [6.07, 6.45) is 4.38. The van der Waals surface area contributed by atoms with Crippen LogP contribution in [0.25, 0.3) is 0 Å². The molecule has 88 valence electrons. The SMILES string of the molecule is COC1CCN(Cc2cccnc2N)CC1. The average molecular weight is 221 g/mol. The van der Waals surface area contributed by atoms with E-state index in [0.29, 0.717) is 11.9 Å². The molecular formula is C12H19N3O. The van der Waals surface area contributed by atoms with Gasteiger partial charge in [0.05, 0.1) is 6.10 Å². The standard InChI is InChI=1S/C12H19N3O/c1-16-11-4-7-15(8-5-11)9-10-3-2-6-14-12(10)13/h2-3,6,11H,4-5,7-9H2,1H3,(H2,13,14). The molecular weight excluding hydrogens is 202 g/mol. The number of piperidine rings is 1. The highest BCUT2D eigenvalue weighted by atomic mass is 16.5. The lowest BCUT2D eigenvalue weighted by Crippen LogP contribution is -2.36. The van der Waals surface area contributed by atoms with Gasteiger partial charge in [0.25, 0.3) is 0 Å². The Labute approximate surface area is 96.4 Å². The molecule has 0 aliphatic carbocycles. The minimum absolute atomic E-state index is 0.433. The van der Waals surface area contributed by atoms with E-state index in [1.54, 1.807) is 13.3 Å². The zero-order valence-corrected chi connectivity index (χ0v) is 9.72. The Bertz CT molecular complexity index is 335. The first-order chi connectivity index (χ1) is 7.79. The van der Waals surface area contributed by atoms with Crippen LogP contribution in [0, 0.1) is 0 Å². The van der Waals surface area contributed by atoms with Crippen LogP contribution >= 0.6 is 0 Å². The first-order valence-electron chi connectivity index (χ1n) is 5.74. The predicted octanol–water partition coefficient (Wildman–Crippen LogP) is 1.27. The number of rotatable bonds is 3. The van der Waals surface area contributed by atoms with Crippen LogP contribution in [0.15, 0.2) is 18.3 Å². The number of nitrogens with two attached hydrogens (primary N) is 1. The van der Waals surface area contributed by atoms with E-state index in [2.05, 4.69) is 9.88 Å². The lowest BCUT2D eigenvalue weighted by Gasteiger charge is -2.31. The van der Waals surface area contributed by atoms with Crippen molar-refractivity contribution in [3.63, 3.8) is 0 Å². The maximum atomic E-state index is 5.83. The summed E-state index contributed by atoms with van der Waals surface area (Å²) in [5.74, 6) is 0.649. The summed E-state index contributed by atoms with van der Waals surface area (Å²) in [5, 5.41) is 0. The summed E-state index contributed by atoms with van der Waals surface area (Å²) in [5.41, 5.74) is 6.95. The Kier molecular flexibility index (Phi) is 3.74. The molecule has 1 fully saturated rings. The van der Waals surface area contributed by atoms with Crippen LogP contribution in [0.3, 0.4) is 0 Å². The third kappa shape index (κ3) is 2.71. The smallest absolute Gasteiger partial charge is 0.127 e. The van der Waals surface area contributed by atoms with Gasteiger partial charge in [-0.15, -0.1) is 0 Å². The largest absolute Gasteiger partial charge is 0.383 e. The summed E-state index contributed by atoms with van der Waals surface area (Å²) in [6, 6.07) is 3.98. The number of likely N-dealkylation sites (tertiary alicyclic amines) is 1. The normalized spacial score (nSPS) is 18.8. The number of hydrogen-bond donors (Lipinski definition) is 1. The van der Waals surface area contributed by atoms with Gasteiger partial charge in [0.1, 0.15) is 5.82 Å². The Morgan fingerprint density at radius 2 is 2.25 bits per heavy atom. The van der Waals surface area contributed by atoms with E-state index in [1.807, 2.05) is 12.1 Å². The molecule has 0 radical (unpaired) electrons. The number of nitrogen functional groups attached to an aromatic ring is 1. The molecule has 1 aromatic rings. The van der Waals surface area contributed by atoms with Gasteiger partial charge in [-0.3, -0.25) is 4.90 Å². The van der Waals surface area contributed by atoms with E-state index >= 15 is 0 Å². The number of hydrogen-bond acceptors (Lipinski definition) is 4. The Morgan fingerprint density at radius 3 is 2.88 bits per heavy atom. The van der Waals surface area contributed by atoms with Crippen LogP contribution in [0.5, 0.6) is 0 Å². The molecule has 1 aromatic heterocycles. The van der Waals surface area contributed by atoms with Gasteiger partial charge >= 0.3 is 0 Å². The zero-order chi connectivity index (χ0) is 11.4. The van der Waals surface area contributed by atoms with Crippen molar-refractivity contribution in [2.45, 2.75) is 25.5 Å². The van der Waals surface area contributed by atoms with Crippen molar-refractivity contribution in [3.8, 4) is 0 Å². The number of aromatic nitrogens is 1. The van der Waals surface area contributed by atoms with Crippen LogP contribution in [-0.2, 0) is 11.3 Å². The van der Waals surface area contributed by atoms with Crippen LogP contribution in [-0.4, -0.2) is 36.2 Å². The lowest BCUT2D eigenvalue weighted by atomic mass is 10.1. The van der Waals surface area contributed by atoms with Gasteiger partial charge in [0, 0.05) is 38.5 Å². The van der Waals surface area contributed by atoms with Crippen LogP contribution < -0.4 is 5.73 Å². The molecule has 0 bridgehead atoms. The quantitative estimate of drug-likeness (QED) is 0.835. The highest BCUT2D eigenvalue weighted by Gasteiger charge is 2.19. The van der Waals surface area contributed by atoms with Gasteiger partial charge < -0.3 is 10.5 Å².